The molecule has 0 spiro atoms. The van der Waals surface area contributed by atoms with Crippen LogP contribution in [0.3, 0.4) is 0 Å². The van der Waals surface area contributed by atoms with Gasteiger partial charge in [0.1, 0.15) is 5.01 Å². The Morgan fingerprint density at radius 2 is 2.00 bits per heavy atom. The quantitative estimate of drug-likeness (QED) is 0.351. The van der Waals surface area contributed by atoms with Crippen LogP contribution in [0.1, 0.15) is 23.9 Å². The van der Waals surface area contributed by atoms with E-state index < -0.39 is 0 Å². The number of aromatic nitrogens is 4. The Kier molecular flexibility index (Phi) is 6.15. The van der Waals surface area contributed by atoms with Gasteiger partial charge in [0, 0.05) is 23.7 Å². The average Bonchev–Trinajstić information content (AvgIpc) is 3.35. The van der Waals surface area contributed by atoms with E-state index >= 15 is 0 Å². The first-order chi connectivity index (χ1) is 15.0. The molecular weight excluding hydrogens is 428 g/mol. The van der Waals surface area contributed by atoms with Crippen molar-refractivity contribution in [3.63, 3.8) is 0 Å². The van der Waals surface area contributed by atoms with Gasteiger partial charge in [0.05, 0.1) is 0 Å². The molecule has 7 nitrogen and oxygen atoms in total. The third-order valence-electron chi connectivity index (χ3n) is 4.57. The molecule has 0 aliphatic heterocycles. The number of rotatable bonds is 5. The Labute approximate surface area is 188 Å². The van der Waals surface area contributed by atoms with Crippen LogP contribution in [0, 0.1) is 6.92 Å². The van der Waals surface area contributed by atoms with E-state index in [9.17, 15) is 4.79 Å². The van der Waals surface area contributed by atoms with Gasteiger partial charge in [-0.2, -0.15) is 9.61 Å². The van der Waals surface area contributed by atoms with Crippen molar-refractivity contribution in [1.82, 2.24) is 25.1 Å². The molecule has 0 fully saturated rings. The highest BCUT2D eigenvalue weighted by Gasteiger charge is 2.13. The summed E-state index contributed by atoms with van der Waals surface area (Å²) in [4.78, 5) is 12.9. The Bertz CT molecular complexity index is 1280. The number of nitrogens with zero attached hydrogens (tertiary/aromatic N) is 4. The van der Waals surface area contributed by atoms with Crippen molar-refractivity contribution in [1.29, 1.82) is 0 Å². The number of amides is 1. The van der Waals surface area contributed by atoms with E-state index in [0.29, 0.717) is 0 Å². The van der Waals surface area contributed by atoms with Gasteiger partial charge >= 0.3 is 0 Å². The van der Waals surface area contributed by atoms with Gasteiger partial charge in [-0.15, -0.1) is 10.2 Å². The van der Waals surface area contributed by atoms with Crippen LogP contribution in [0.25, 0.3) is 21.6 Å². The summed E-state index contributed by atoms with van der Waals surface area (Å²) in [6.07, 6.45) is 3.96. The largest absolute Gasteiger partial charge is 0.332 e. The van der Waals surface area contributed by atoms with Gasteiger partial charge in [-0.05, 0) is 42.4 Å². The predicted octanol–water partition coefficient (Wildman–Crippen LogP) is 4.25. The summed E-state index contributed by atoms with van der Waals surface area (Å²) in [7, 11) is 0. The van der Waals surface area contributed by atoms with Gasteiger partial charge in [0.15, 0.2) is 10.9 Å². The van der Waals surface area contributed by atoms with Crippen molar-refractivity contribution in [2.24, 2.45) is 0 Å². The summed E-state index contributed by atoms with van der Waals surface area (Å²) < 4.78 is 1.77. The molecule has 0 saturated carbocycles. The van der Waals surface area contributed by atoms with Crippen molar-refractivity contribution in [3.8, 4) is 10.6 Å². The maximum Gasteiger partial charge on any atom is 0.250 e. The SMILES string of the molecule is CCc1nnc2sc(-c3ccc(C)c(NC(=S)NC(=O)/C=C/c4ccccc4)c3)nn12. The standard InChI is InChI=1S/C22H20N6OS2/c1-3-18-25-26-22-28(18)27-20(31-22)16-11-9-14(2)17(13-16)23-21(30)24-19(29)12-10-15-7-5-4-6-8-15/h4-13H,3H2,1-2H3,(H2,23,24,29,30)/b12-10+. The zero-order chi connectivity index (χ0) is 21.8. The summed E-state index contributed by atoms with van der Waals surface area (Å²) in [5.41, 5.74) is 3.67. The molecule has 156 valence electrons. The van der Waals surface area contributed by atoms with Gasteiger partial charge < -0.3 is 5.32 Å². The van der Waals surface area contributed by atoms with Gasteiger partial charge in [0.25, 0.3) is 0 Å². The van der Waals surface area contributed by atoms with Crippen molar-refractivity contribution < 1.29 is 4.79 Å². The lowest BCUT2D eigenvalue weighted by atomic mass is 10.1. The second-order valence-electron chi connectivity index (χ2n) is 6.79. The molecule has 2 aromatic heterocycles. The van der Waals surface area contributed by atoms with Crippen LogP contribution < -0.4 is 10.6 Å². The van der Waals surface area contributed by atoms with E-state index in [1.54, 1.807) is 10.6 Å². The molecule has 0 unspecified atom stereocenters. The van der Waals surface area contributed by atoms with Crippen LogP contribution in [-0.2, 0) is 11.2 Å². The highest BCUT2D eigenvalue weighted by Crippen LogP contribution is 2.29. The third kappa shape index (κ3) is 4.84. The molecule has 4 aromatic rings. The smallest absolute Gasteiger partial charge is 0.250 e. The Balaban J connectivity index is 1.46. The molecule has 4 rings (SSSR count). The summed E-state index contributed by atoms with van der Waals surface area (Å²) >= 11 is 6.80. The first-order valence-electron chi connectivity index (χ1n) is 9.70. The topological polar surface area (TPSA) is 84.2 Å². The molecule has 9 heteroatoms. The number of aryl methyl sites for hydroxylation is 2. The fourth-order valence-corrected chi connectivity index (χ4v) is 3.99. The second kappa shape index (κ2) is 9.15. The lowest BCUT2D eigenvalue weighted by Gasteiger charge is -2.12. The van der Waals surface area contributed by atoms with E-state index in [1.165, 1.54) is 17.4 Å². The number of thiocarbonyl (C=S) groups is 1. The molecule has 0 saturated heterocycles. The van der Waals surface area contributed by atoms with Gasteiger partial charge in [-0.3, -0.25) is 10.1 Å². The highest BCUT2D eigenvalue weighted by molar-refractivity contribution is 7.80. The molecule has 2 heterocycles. The zero-order valence-corrected chi connectivity index (χ0v) is 18.6. The fourth-order valence-electron chi connectivity index (χ4n) is 2.93. The van der Waals surface area contributed by atoms with Crippen LogP contribution in [-0.4, -0.2) is 30.8 Å². The molecule has 2 aromatic carbocycles. The zero-order valence-electron chi connectivity index (χ0n) is 17.0. The minimum Gasteiger partial charge on any atom is -0.332 e. The maximum atomic E-state index is 12.2. The predicted molar refractivity (Wildman–Crippen MR) is 128 cm³/mol. The van der Waals surface area contributed by atoms with E-state index in [4.69, 9.17) is 12.2 Å². The summed E-state index contributed by atoms with van der Waals surface area (Å²) in [6.45, 7) is 3.99. The molecule has 2 N–H and O–H groups in total. The number of fused-ring (bicyclic) bond motifs is 1. The number of hydrogen-bond acceptors (Lipinski definition) is 6. The van der Waals surface area contributed by atoms with E-state index in [0.717, 1.165) is 44.6 Å². The maximum absolute atomic E-state index is 12.2. The molecule has 0 bridgehead atoms. The van der Waals surface area contributed by atoms with Crippen molar-refractivity contribution in [2.75, 3.05) is 5.32 Å². The number of carbonyl (C=O) groups excluding carboxylic acids is 1. The van der Waals surface area contributed by atoms with Crippen LogP contribution in [0.5, 0.6) is 0 Å². The molecule has 1 amide bonds. The number of benzene rings is 2. The average molecular weight is 449 g/mol. The molecule has 0 aliphatic carbocycles. The van der Waals surface area contributed by atoms with Gasteiger partial charge in [-0.25, -0.2) is 0 Å². The van der Waals surface area contributed by atoms with Gasteiger partial charge in [0.2, 0.25) is 10.9 Å². The molecule has 0 aliphatic rings. The lowest BCUT2D eigenvalue weighted by Crippen LogP contribution is -2.33. The second-order valence-corrected chi connectivity index (χ2v) is 8.15. The van der Waals surface area contributed by atoms with Crippen LogP contribution in [0.2, 0.25) is 0 Å². The van der Waals surface area contributed by atoms with Crippen molar-refractivity contribution in [3.05, 3.63) is 71.6 Å². The molecule has 31 heavy (non-hydrogen) atoms. The van der Waals surface area contributed by atoms with Crippen LogP contribution >= 0.6 is 23.6 Å². The Morgan fingerprint density at radius 1 is 1.19 bits per heavy atom. The Morgan fingerprint density at radius 3 is 2.77 bits per heavy atom. The minimum atomic E-state index is -0.295. The van der Waals surface area contributed by atoms with Crippen molar-refractivity contribution >= 4 is 51.3 Å². The van der Waals surface area contributed by atoms with E-state index in [2.05, 4.69) is 25.9 Å². The first kappa shape index (κ1) is 20.8. The fraction of sp³-hybridized carbons (Fsp3) is 0.136. The minimum absolute atomic E-state index is 0.231. The monoisotopic (exact) mass is 448 g/mol. The number of hydrogen-bond donors (Lipinski definition) is 2. The van der Waals surface area contributed by atoms with Crippen molar-refractivity contribution in [2.45, 2.75) is 20.3 Å². The summed E-state index contributed by atoms with van der Waals surface area (Å²) in [5, 5.41) is 19.8. The van der Waals surface area contributed by atoms with E-state index in [-0.39, 0.29) is 11.0 Å². The molecule has 0 radical (unpaired) electrons. The molecular formula is C22H20N6OS2. The Hall–Kier alpha value is -3.43. The lowest BCUT2D eigenvalue weighted by molar-refractivity contribution is -0.115. The highest BCUT2D eigenvalue weighted by atomic mass is 32.1. The van der Waals surface area contributed by atoms with Crippen LogP contribution in [0.15, 0.2) is 54.6 Å². The first-order valence-corrected chi connectivity index (χ1v) is 10.9. The number of carbonyl (C=O) groups is 1. The normalized spacial score (nSPS) is 11.2. The van der Waals surface area contributed by atoms with Crippen LogP contribution in [0.4, 0.5) is 5.69 Å². The summed E-state index contributed by atoms with van der Waals surface area (Å²) in [6, 6.07) is 15.6. The third-order valence-corrected chi connectivity index (χ3v) is 5.72. The summed E-state index contributed by atoms with van der Waals surface area (Å²) in [5.74, 6) is 0.534. The number of nitrogens with one attached hydrogen (secondary N) is 2. The number of anilines is 1. The van der Waals surface area contributed by atoms with E-state index in [1.807, 2.05) is 62.4 Å². The van der Waals surface area contributed by atoms with Gasteiger partial charge in [-0.1, -0.05) is 60.7 Å². The molecule has 0 atom stereocenters.